The molecular formula is C20H21FN9O9PS2. The van der Waals surface area contributed by atoms with Crippen molar-refractivity contribution in [3.63, 3.8) is 0 Å². The van der Waals surface area contributed by atoms with E-state index in [0.29, 0.717) is 0 Å². The first-order valence-corrected chi connectivity index (χ1v) is 15.6. The summed E-state index contributed by atoms with van der Waals surface area (Å²) in [5.74, 6) is -1.51. The fraction of sp³-hybridized carbons (Fsp3) is 0.400. The second-order valence-electron chi connectivity index (χ2n) is 9.10. The molecule has 22 heteroatoms. The zero-order chi connectivity index (χ0) is 29.9. The van der Waals surface area contributed by atoms with Crippen LogP contribution in [0.4, 0.5) is 10.3 Å². The minimum atomic E-state index is -4.39. The molecule has 0 aliphatic carbocycles. The number of aromatic nitrogens is 8. The lowest BCUT2D eigenvalue weighted by Gasteiger charge is -2.25. The number of ether oxygens (including phenoxy) is 1. The van der Waals surface area contributed by atoms with Crippen LogP contribution in [0.5, 0.6) is 0 Å². The van der Waals surface area contributed by atoms with Gasteiger partial charge >= 0.3 is 6.80 Å². The highest BCUT2D eigenvalue weighted by Gasteiger charge is 2.49. The largest absolute Gasteiger partial charge is 0.506 e. The van der Waals surface area contributed by atoms with Crippen molar-refractivity contribution < 1.29 is 38.1 Å². The van der Waals surface area contributed by atoms with Gasteiger partial charge in [0.05, 0.1) is 30.6 Å². The highest BCUT2D eigenvalue weighted by Crippen LogP contribution is 2.59. The molecule has 6 rings (SSSR count). The molecule has 42 heavy (non-hydrogen) atoms. The van der Waals surface area contributed by atoms with Crippen molar-refractivity contribution >= 4 is 59.1 Å². The summed E-state index contributed by atoms with van der Waals surface area (Å²) in [7, 11) is 0. The number of rotatable bonds is 8. The number of hydrogen-bond acceptors (Lipinski definition) is 15. The van der Waals surface area contributed by atoms with Gasteiger partial charge in [0.15, 0.2) is 33.8 Å². The Morgan fingerprint density at radius 1 is 1.19 bits per heavy atom. The van der Waals surface area contributed by atoms with Crippen LogP contribution in [-0.4, -0.2) is 91.2 Å². The third-order valence-electron chi connectivity index (χ3n) is 6.53. The number of aromatic amines is 2. The van der Waals surface area contributed by atoms with Gasteiger partial charge in [-0.1, -0.05) is 12.2 Å². The van der Waals surface area contributed by atoms with Crippen molar-refractivity contribution in [3.8, 4) is 0 Å². The van der Waals surface area contributed by atoms with E-state index in [9.17, 15) is 29.5 Å². The monoisotopic (exact) mass is 645 g/mol. The normalized spacial score (nSPS) is 27.6. The number of H-pyrrole nitrogens is 2. The summed E-state index contributed by atoms with van der Waals surface area (Å²) in [5.41, 5.74) is 4.38. The van der Waals surface area contributed by atoms with Crippen molar-refractivity contribution in [2.24, 2.45) is 0 Å². The van der Waals surface area contributed by atoms with Gasteiger partial charge in [0.2, 0.25) is 18.3 Å². The van der Waals surface area contributed by atoms with E-state index in [2.05, 4.69) is 42.2 Å². The first kappa shape index (κ1) is 28.6. The SMILES string of the molecule is Nc1nc2c(ncn2[C@@H]2S[C@H](CO)[C@@H](O)[C@H]2O[P@](=O)(S)OCC2=C(O)[C@H](F)[C@H](n3cnc4c(=O)[nH]cnc43)O2)c(=O)[nH]1. The van der Waals surface area contributed by atoms with E-state index in [1.165, 1.54) is 10.9 Å². The van der Waals surface area contributed by atoms with Gasteiger partial charge in [-0.2, -0.15) is 4.98 Å². The summed E-state index contributed by atoms with van der Waals surface area (Å²) >= 11 is 5.00. The van der Waals surface area contributed by atoms with Crippen LogP contribution in [0.3, 0.4) is 0 Å². The van der Waals surface area contributed by atoms with Gasteiger partial charge in [-0.25, -0.2) is 23.9 Å². The summed E-state index contributed by atoms with van der Waals surface area (Å²) in [4.78, 5) is 44.7. The molecule has 1 fully saturated rings. The molecule has 0 saturated carbocycles. The van der Waals surface area contributed by atoms with E-state index in [1.54, 1.807) is 0 Å². The minimum absolute atomic E-state index is 0.00738. The Balaban J connectivity index is 1.20. The molecule has 0 spiro atoms. The Morgan fingerprint density at radius 2 is 1.90 bits per heavy atom. The number of anilines is 1. The van der Waals surface area contributed by atoms with Crippen molar-refractivity contribution in [1.82, 2.24) is 39.0 Å². The number of aliphatic hydroxyl groups is 3. The van der Waals surface area contributed by atoms with Crippen LogP contribution in [0.15, 0.2) is 40.1 Å². The fourth-order valence-corrected chi connectivity index (χ4v) is 7.46. The van der Waals surface area contributed by atoms with Crippen LogP contribution in [0.1, 0.15) is 11.6 Å². The predicted octanol–water partition coefficient (Wildman–Crippen LogP) is -0.122. The molecule has 0 unspecified atom stereocenters. The summed E-state index contributed by atoms with van der Waals surface area (Å²) in [6, 6.07) is 0. The number of thioether (sulfide) groups is 1. The zero-order valence-corrected chi connectivity index (χ0v) is 23.4. The first-order valence-electron chi connectivity index (χ1n) is 11.9. The number of nitrogens with one attached hydrogen (secondary N) is 2. The molecule has 224 valence electrons. The average Bonchev–Trinajstić information content (AvgIpc) is 3.69. The number of halogens is 1. The Morgan fingerprint density at radius 3 is 2.64 bits per heavy atom. The maximum absolute atomic E-state index is 15.0. The summed E-state index contributed by atoms with van der Waals surface area (Å²) in [6.07, 6.45) is -2.92. The van der Waals surface area contributed by atoms with Gasteiger partial charge in [0.1, 0.15) is 24.4 Å². The van der Waals surface area contributed by atoms with Gasteiger partial charge in [-0.15, -0.1) is 11.8 Å². The summed E-state index contributed by atoms with van der Waals surface area (Å²) in [6.45, 7) is -5.64. The Labute approximate surface area is 241 Å². The molecule has 1 saturated heterocycles. The lowest BCUT2D eigenvalue weighted by Crippen LogP contribution is -2.34. The number of nitrogen functional groups attached to an aromatic ring is 1. The number of aliphatic hydroxyl groups excluding tert-OH is 3. The van der Waals surface area contributed by atoms with Crippen molar-refractivity contribution in [2.45, 2.75) is 35.2 Å². The second kappa shape index (κ2) is 10.7. The van der Waals surface area contributed by atoms with E-state index in [1.807, 2.05) is 0 Å². The fourth-order valence-electron chi connectivity index (χ4n) is 4.57. The molecule has 4 aromatic heterocycles. The Bertz CT molecular complexity index is 1880. The molecule has 2 aliphatic heterocycles. The Kier molecular flexibility index (Phi) is 7.28. The third-order valence-corrected chi connectivity index (χ3v) is 9.68. The van der Waals surface area contributed by atoms with Gasteiger partial charge < -0.3 is 30.8 Å². The zero-order valence-electron chi connectivity index (χ0n) is 20.8. The number of nitrogens with two attached hydrogens (primary N) is 1. The van der Waals surface area contributed by atoms with Crippen LogP contribution in [0.2, 0.25) is 0 Å². The van der Waals surface area contributed by atoms with Crippen LogP contribution in [0, 0.1) is 0 Å². The lowest BCUT2D eigenvalue weighted by molar-refractivity contribution is 0.0116. The maximum Gasteiger partial charge on any atom is 0.387 e. The van der Waals surface area contributed by atoms with E-state index < -0.39 is 77.9 Å². The number of hydrogen-bond donors (Lipinski definition) is 7. The van der Waals surface area contributed by atoms with Gasteiger partial charge in [-0.05, 0) is 0 Å². The molecule has 2 aliphatic rings. The number of nitrogens with zero attached hydrogens (tertiary/aromatic N) is 6. The van der Waals surface area contributed by atoms with Crippen LogP contribution in [0.25, 0.3) is 22.3 Å². The quantitative estimate of drug-likeness (QED) is 0.0973. The van der Waals surface area contributed by atoms with Crippen molar-refractivity contribution in [2.75, 3.05) is 18.9 Å². The van der Waals surface area contributed by atoms with E-state index >= 15 is 4.39 Å². The average molecular weight is 646 g/mol. The number of thiol groups is 1. The molecular weight excluding hydrogens is 624 g/mol. The van der Waals surface area contributed by atoms with Crippen molar-refractivity contribution in [3.05, 3.63) is 51.2 Å². The molecule has 0 radical (unpaired) electrons. The summed E-state index contributed by atoms with van der Waals surface area (Å²) in [5, 5.41) is 29.2. The predicted molar refractivity (Wildman–Crippen MR) is 146 cm³/mol. The number of fused-ring (bicyclic) bond motifs is 2. The highest BCUT2D eigenvalue weighted by molar-refractivity contribution is 8.44. The topological polar surface area (TPSA) is 259 Å². The molecule has 7 atom stereocenters. The molecule has 6 heterocycles. The third kappa shape index (κ3) is 4.85. The number of imidazole rings is 2. The van der Waals surface area contributed by atoms with Crippen LogP contribution in [-0.2, 0) is 18.3 Å². The van der Waals surface area contributed by atoms with Gasteiger partial charge in [0.25, 0.3) is 11.1 Å². The molecule has 7 N–H and O–H groups in total. The molecule has 0 aromatic carbocycles. The molecule has 0 amide bonds. The smallest absolute Gasteiger partial charge is 0.387 e. The van der Waals surface area contributed by atoms with Gasteiger partial charge in [0, 0.05) is 0 Å². The van der Waals surface area contributed by atoms with Crippen LogP contribution >= 0.6 is 30.8 Å². The summed E-state index contributed by atoms with van der Waals surface area (Å²) < 4.78 is 47.1. The standard InChI is InChI=1S/C20H21FN9O9PS2/c21-8-11(32)6(38-18(8)29-4-25-9-14(29)23-3-24-16(9)34)2-37-40(36,41)39-13-12(33)7(1-31)42-19(13)30-5-26-10-15(30)27-20(22)28-17(10)35/h3-5,7-8,12-13,18-19,31-33H,1-2H2,(H,36,41)(H,23,24,34)(H3,22,27,28,35)/t7-,8+,12-,13-,18-,19-,40-/m1/s1. The van der Waals surface area contributed by atoms with Gasteiger partial charge in [-0.3, -0.25) is 32.8 Å². The first-order chi connectivity index (χ1) is 20.0. The molecule has 0 bridgehead atoms. The molecule has 18 nitrogen and oxygen atoms in total. The van der Waals surface area contributed by atoms with Crippen LogP contribution < -0.4 is 16.9 Å². The van der Waals surface area contributed by atoms with E-state index in [0.717, 1.165) is 29.0 Å². The van der Waals surface area contributed by atoms with E-state index in [-0.39, 0.29) is 28.3 Å². The molecule has 4 aromatic rings. The minimum Gasteiger partial charge on any atom is -0.506 e. The second-order valence-corrected chi connectivity index (χ2v) is 13.3. The number of alkyl halides is 1. The van der Waals surface area contributed by atoms with E-state index in [4.69, 9.17) is 19.5 Å². The maximum atomic E-state index is 15.0. The van der Waals surface area contributed by atoms with Crippen molar-refractivity contribution in [1.29, 1.82) is 0 Å². The lowest BCUT2D eigenvalue weighted by atomic mass is 10.1. The Hall–Kier alpha value is -3.46. The highest BCUT2D eigenvalue weighted by atomic mass is 32.7.